The van der Waals surface area contributed by atoms with Crippen molar-refractivity contribution in [2.45, 2.75) is 19.5 Å². The van der Waals surface area contributed by atoms with Gasteiger partial charge in [0.25, 0.3) is 5.91 Å². The Bertz CT molecular complexity index is 1470. The van der Waals surface area contributed by atoms with Crippen LogP contribution in [0, 0.1) is 0 Å². The second-order valence-corrected chi connectivity index (χ2v) is 8.20. The highest BCUT2D eigenvalue weighted by atomic mass is 16.7. The van der Waals surface area contributed by atoms with Gasteiger partial charge in [-0.2, -0.15) is 0 Å². The monoisotopic (exact) mass is 455 g/mol. The molecule has 7 nitrogen and oxygen atoms in total. The third-order valence-electron chi connectivity index (χ3n) is 6.17. The molecule has 4 aromatic rings. The first kappa shape index (κ1) is 20.4. The number of amides is 1. The summed E-state index contributed by atoms with van der Waals surface area (Å²) in [6.45, 7) is 2.92. The van der Waals surface area contributed by atoms with Crippen molar-refractivity contribution in [3.63, 3.8) is 0 Å². The van der Waals surface area contributed by atoms with Crippen LogP contribution in [0.5, 0.6) is 17.2 Å². The molecule has 0 fully saturated rings. The van der Waals surface area contributed by atoms with Gasteiger partial charge in [-0.3, -0.25) is 9.59 Å². The zero-order valence-electron chi connectivity index (χ0n) is 18.4. The lowest BCUT2D eigenvalue weighted by Crippen LogP contribution is -2.29. The van der Waals surface area contributed by atoms with Gasteiger partial charge in [-0.05, 0) is 54.4 Å². The molecule has 34 heavy (non-hydrogen) atoms. The third-order valence-corrected chi connectivity index (χ3v) is 6.17. The van der Waals surface area contributed by atoms with Gasteiger partial charge >= 0.3 is 0 Å². The maximum absolute atomic E-state index is 13.6. The number of fused-ring (bicyclic) bond motifs is 3. The van der Waals surface area contributed by atoms with Crippen molar-refractivity contribution >= 4 is 16.9 Å². The van der Waals surface area contributed by atoms with E-state index in [1.807, 2.05) is 49.4 Å². The summed E-state index contributed by atoms with van der Waals surface area (Å²) in [5, 5.41) is 0.454. The predicted molar refractivity (Wildman–Crippen MR) is 124 cm³/mol. The molecular formula is C27H21NO6. The normalized spacial score (nSPS) is 16.2. The summed E-state index contributed by atoms with van der Waals surface area (Å²) in [5.41, 5.74) is 2.22. The largest absolute Gasteiger partial charge is 0.494 e. The molecule has 7 heteroatoms. The highest BCUT2D eigenvalue weighted by Crippen LogP contribution is 2.40. The molecule has 0 N–H and O–H groups in total. The Morgan fingerprint density at radius 2 is 1.76 bits per heavy atom. The molecule has 2 aliphatic rings. The van der Waals surface area contributed by atoms with Crippen LogP contribution >= 0.6 is 0 Å². The molecule has 170 valence electrons. The van der Waals surface area contributed by atoms with Gasteiger partial charge in [0.2, 0.25) is 12.6 Å². The molecule has 2 aliphatic heterocycles. The summed E-state index contributed by atoms with van der Waals surface area (Å²) in [5.74, 6) is 1.80. The second-order valence-electron chi connectivity index (χ2n) is 8.20. The van der Waals surface area contributed by atoms with Crippen molar-refractivity contribution in [2.75, 3.05) is 13.4 Å². The Morgan fingerprint density at radius 3 is 2.59 bits per heavy atom. The number of hydrogen-bond donors (Lipinski definition) is 0. The van der Waals surface area contributed by atoms with E-state index in [4.69, 9.17) is 18.6 Å². The minimum absolute atomic E-state index is 0.0864. The van der Waals surface area contributed by atoms with Gasteiger partial charge in [0, 0.05) is 6.54 Å². The topological polar surface area (TPSA) is 78.2 Å². The van der Waals surface area contributed by atoms with E-state index < -0.39 is 6.04 Å². The molecule has 3 aromatic carbocycles. The number of nitrogens with zero attached hydrogens (tertiary/aromatic N) is 1. The predicted octanol–water partition coefficient (Wildman–Crippen LogP) is 4.67. The van der Waals surface area contributed by atoms with Crippen LogP contribution in [0.15, 0.2) is 75.9 Å². The van der Waals surface area contributed by atoms with Gasteiger partial charge < -0.3 is 23.5 Å². The average Bonchev–Trinajstić information content (AvgIpc) is 3.43. The lowest BCUT2D eigenvalue weighted by Gasteiger charge is -2.25. The summed E-state index contributed by atoms with van der Waals surface area (Å²) < 4.78 is 22.5. The Balaban J connectivity index is 1.48. The highest BCUT2D eigenvalue weighted by Gasteiger charge is 2.42. The van der Waals surface area contributed by atoms with Crippen LogP contribution in [0.2, 0.25) is 0 Å². The third kappa shape index (κ3) is 3.20. The summed E-state index contributed by atoms with van der Waals surface area (Å²) in [6.07, 6.45) is 0. The molecule has 0 spiro atoms. The van der Waals surface area contributed by atoms with Crippen molar-refractivity contribution in [1.29, 1.82) is 0 Å². The first-order valence-electron chi connectivity index (χ1n) is 11.1. The zero-order valence-corrected chi connectivity index (χ0v) is 18.4. The highest BCUT2D eigenvalue weighted by molar-refractivity contribution is 5.99. The van der Waals surface area contributed by atoms with E-state index in [0.29, 0.717) is 34.6 Å². The van der Waals surface area contributed by atoms with Gasteiger partial charge in [-0.1, -0.05) is 30.3 Å². The quantitative estimate of drug-likeness (QED) is 0.435. The van der Waals surface area contributed by atoms with Crippen LogP contribution in [-0.2, 0) is 6.54 Å². The van der Waals surface area contributed by atoms with Gasteiger partial charge in [0.05, 0.1) is 23.6 Å². The van der Waals surface area contributed by atoms with E-state index in [0.717, 1.165) is 16.9 Å². The number of carbonyl (C=O) groups is 1. The molecule has 0 saturated heterocycles. The van der Waals surface area contributed by atoms with Gasteiger partial charge in [0.1, 0.15) is 11.3 Å². The van der Waals surface area contributed by atoms with Crippen molar-refractivity contribution in [1.82, 2.24) is 4.90 Å². The van der Waals surface area contributed by atoms with Crippen LogP contribution in [0.25, 0.3) is 11.0 Å². The summed E-state index contributed by atoms with van der Waals surface area (Å²) in [4.78, 5) is 28.8. The first-order chi connectivity index (χ1) is 16.6. The SMILES string of the molecule is CCOc1ccc([C@H]2c3c(oc4ccccc4c3=O)C(=O)N2Cc2ccc3c(c2)OCO3)cc1. The number of hydrogen-bond acceptors (Lipinski definition) is 6. The smallest absolute Gasteiger partial charge is 0.291 e. The van der Waals surface area contributed by atoms with Gasteiger partial charge in [0.15, 0.2) is 16.9 Å². The molecule has 0 aliphatic carbocycles. The lowest BCUT2D eigenvalue weighted by molar-refractivity contribution is 0.0714. The summed E-state index contributed by atoms with van der Waals surface area (Å²) in [6, 6.07) is 19.5. The fourth-order valence-electron chi connectivity index (χ4n) is 4.63. The van der Waals surface area contributed by atoms with Crippen molar-refractivity contribution in [3.05, 3.63) is 99.4 Å². The van der Waals surface area contributed by atoms with Gasteiger partial charge in [-0.15, -0.1) is 0 Å². The van der Waals surface area contributed by atoms with Crippen LogP contribution in [-0.4, -0.2) is 24.2 Å². The van der Waals surface area contributed by atoms with E-state index in [1.165, 1.54) is 0 Å². The molecule has 1 atom stereocenters. The Hall–Kier alpha value is -4.26. The molecule has 3 heterocycles. The molecule has 1 aromatic heterocycles. The molecule has 0 radical (unpaired) electrons. The number of carbonyl (C=O) groups excluding carboxylic acids is 1. The Kier molecular flexibility index (Phi) is 4.76. The van der Waals surface area contributed by atoms with E-state index >= 15 is 0 Å². The maximum Gasteiger partial charge on any atom is 0.291 e. The number of ether oxygens (including phenoxy) is 3. The molecule has 0 bridgehead atoms. The van der Waals surface area contributed by atoms with Crippen LogP contribution in [0.3, 0.4) is 0 Å². The maximum atomic E-state index is 13.6. The van der Waals surface area contributed by atoms with Crippen LogP contribution in [0.1, 0.15) is 40.2 Å². The minimum Gasteiger partial charge on any atom is -0.494 e. The first-order valence-corrected chi connectivity index (χ1v) is 11.1. The average molecular weight is 455 g/mol. The molecular weight excluding hydrogens is 434 g/mol. The lowest BCUT2D eigenvalue weighted by atomic mass is 9.98. The van der Waals surface area contributed by atoms with E-state index in [9.17, 15) is 9.59 Å². The van der Waals surface area contributed by atoms with Crippen molar-refractivity contribution < 1.29 is 23.4 Å². The van der Waals surface area contributed by atoms with E-state index in [1.54, 1.807) is 29.2 Å². The summed E-state index contributed by atoms with van der Waals surface area (Å²) in [7, 11) is 0. The second kappa shape index (κ2) is 7.95. The molecule has 0 saturated carbocycles. The van der Waals surface area contributed by atoms with E-state index in [-0.39, 0.29) is 30.4 Å². The van der Waals surface area contributed by atoms with E-state index in [2.05, 4.69) is 0 Å². The number of para-hydroxylation sites is 1. The molecule has 0 unspecified atom stereocenters. The minimum atomic E-state index is -0.593. The zero-order chi connectivity index (χ0) is 23.2. The van der Waals surface area contributed by atoms with Crippen molar-refractivity contribution in [3.8, 4) is 17.2 Å². The summed E-state index contributed by atoms with van der Waals surface area (Å²) >= 11 is 0. The Labute approximate surface area is 195 Å². The number of rotatable bonds is 5. The number of benzene rings is 3. The van der Waals surface area contributed by atoms with Crippen LogP contribution < -0.4 is 19.6 Å². The fraction of sp³-hybridized carbons (Fsp3) is 0.185. The van der Waals surface area contributed by atoms with Crippen molar-refractivity contribution in [2.24, 2.45) is 0 Å². The molecule has 1 amide bonds. The molecule has 6 rings (SSSR count). The Morgan fingerprint density at radius 1 is 0.971 bits per heavy atom. The fourth-order valence-corrected chi connectivity index (χ4v) is 4.63. The van der Waals surface area contributed by atoms with Gasteiger partial charge in [-0.25, -0.2) is 0 Å². The standard InChI is InChI=1S/C27H21NO6/c1-2-31-18-10-8-17(9-11-18)24-23-25(29)19-5-3-4-6-20(19)34-26(23)27(30)28(24)14-16-7-12-21-22(13-16)33-15-32-21/h3-13,24H,2,14-15H2,1H3/t24-/m0/s1. The van der Waals surface area contributed by atoms with Crippen LogP contribution in [0.4, 0.5) is 0 Å².